The molecule has 0 heterocycles. The highest BCUT2D eigenvalue weighted by Crippen LogP contribution is 2.06. The zero-order valence-electron chi connectivity index (χ0n) is 10.8. The van der Waals surface area contributed by atoms with E-state index < -0.39 is 0 Å². The molecule has 0 aromatic heterocycles. The molecule has 0 aliphatic heterocycles. The largest absolute Gasteiger partial charge is 0.390 e. The first-order valence-corrected chi connectivity index (χ1v) is 6.19. The molecule has 0 aliphatic rings. The minimum Gasteiger partial charge on any atom is -0.390 e. The molecule has 2 nitrogen and oxygen atoms in total. The van der Waals surface area contributed by atoms with E-state index in [1.807, 2.05) is 18.2 Å². The van der Waals surface area contributed by atoms with Crippen LogP contribution in [0, 0.1) is 5.82 Å². The van der Waals surface area contributed by atoms with Crippen LogP contribution in [0.5, 0.6) is 0 Å². The van der Waals surface area contributed by atoms with Crippen LogP contribution in [0.2, 0.25) is 0 Å². The van der Waals surface area contributed by atoms with Gasteiger partial charge in [-0.2, -0.15) is 0 Å². The Bertz CT molecular complexity index is 549. The Hall–Kier alpha value is -2.16. The van der Waals surface area contributed by atoms with Gasteiger partial charge in [0.05, 0.1) is 0 Å². The molecule has 0 aliphatic carbocycles. The van der Waals surface area contributed by atoms with Crippen LogP contribution in [0.25, 0.3) is 0 Å². The summed E-state index contributed by atoms with van der Waals surface area (Å²) in [4.78, 5) is 5.13. The number of benzene rings is 2. The maximum atomic E-state index is 12.7. The highest BCUT2D eigenvalue weighted by Gasteiger charge is 1.94. The normalized spacial score (nSPS) is 10.8. The Morgan fingerprint density at radius 2 is 1.89 bits per heavy atom. The van der Waals surface area contributed by atoms with E-state index in [2.05, 4.69) is 24.4 Å². The number of aryl methyl sites for hydroxylation is 1. The van der Waals surface area contributed by atoms with Gasteiger partial charge in [0.1, 0.15) is 18.6 Å². The van der Waals surface area contributed by atoms with Crippen molar-refractivity contribution in [2.75, 3.05) is 0 Å². The SMILES string of the molecule is CCc1cccc(/[C]=N\OCc2ccc(F)cc2)c1. The van der Waals surface area contributed by atoms with Gasteiger partial charge in [-0.05, 0) is 35.7 Å². The average Bonchev–Trinajstić information content (AvgIpc) is 2.46. The molecule has 0 unspecified atom stereocenters. The molecule has 0 saturated carbocycles. The van der Waals surface area contributed by atoms with Crippen LogP contribution in [-0.4, -0.2) is 6.21 Å². The van der Waals surface area contributed by atoms with Gasteiger partial charge in [0.2, 0.25) is 0 Å². The quantitative estimate of drug-likeness (QED) is 0.588. The van der Waals surface area contributed by atoms with Crippen molar-refractivity contribution < 1.29 is 9.23 Å². The predicted octanol–water partition coefficient (Wildman–Crippen LogP) is 3.82. The molecule has 0 spiro atoms. The first-order valence-electron chi connectivity index (χ1n) is 6.19. The molecular formula is C16H15FNO. The number of hydrogen-bond acceptors (Lipinski definition) is 2. The predicted molar refractivity (Wildman–Crippen MR) is 73.5 cm³/mol. The second kappa shape index (κ2) is 6.69. The zero-order valence-corrected chi connectivity index (χ0v) is 10.8. The number of hydrogen-bond donors (Lipinski definition) is 0. The molecule has 0 saturated heterocycles. The van der Waals surface area contributed by atoms with E-state index in [1.54, 1.807) is 12.1 Å². The van der Waals surface area contributed by atoms with Gasteiger partial charge in [-0.1, -0.05) is 42.4 Å². The molecule has 0 fully saturated rings. The van der Waals surface area contributed by atoms with Crippen molar-refractivity contribution in [1.82, 2.24) is 0 Å². The zero-order chi connectivity index (χ0) is 13.5. The third-order valence-electron chi connectivity index (χ3n) is 2.72. The van der Waals surface area contributed by atoms with Crippen LogP contribution >= 0.6 is 0 Å². The molecule has 97 valence electrons. The minimum atomic E-state index is -0.254. The summed E-state index contributed by atoms with van der Waals surface area (Å²) in [5.74, 6) is -0.254. The molecule has 2 rings (SSSR count). The fraction of sp³-hybridized carbons (Fsp3) is 0.188. The van der Waals surface area contributed by atoms with Gasteiger partial charge in [-0.3, -0.25) is 0 Å². The highest BCUT2D eigenvalue weighted by molar-refractivity contribution is 5.79. The average molecular weight is 256 g/mol. The Labute approximate surface area is 112 Å². The number of nitrogens with zero attached hydrogens (tertiary/aromatic N) is 1. The highest BCUT2D eigenvalue weighted by atomic mass is 19.1. The first-order chi connectivity index (χ1) is 9.28. The van der Waals surface area contributed by atoms with Crippen LogP contribution in [0.4, 0.5) is 4.39 Å². The Morgan fingerprint density at radius 1 is 1.11 bits per heavy atom. The maximum Gasteiger partial charge on any atom is 0.142 e. The third-order valence-corrected chi connectivity index (χ3v) is 2.72. The fourth-order valence-electron chi connectivity index (χ4n) is 1.63. The van der Waals surface area contributed by atoms with E-state index in [1.165, 1.54) is 17.7 Å². The van der Waals surface area contributed by atoms with E-state index >= 15 is 0 Å². The van der Waals surface area contributed by atoms with Gasteiger partial charge in [-0.15, -0.1) is 0 Å². The summed E-state index contributed by atoms with van der Waals surface area (Å²) in [5.41, 5.74) is 2.99. The van der Waals surface area contributed by atoms with Gasteiger partial charge in [0.15, 0.2) is 0 Å². The minimum absolute atomic E-state index is 0.254. The molecule has 1 radical (unpaired) electrons. The van der Waals surface area contributed by atoms with Crippen LogP contribution in [-0.2, 0) is 17.9 Å². The lowest BCUT2D eigenvalue weighted by atomic mass is 10.1. The van der Waals surface area contributed by atoms with E-state index in [4.69, 9.17) is 4.84 Å². The van der Waals surface area contributed by atoms with Crippen LogP contribution in [0.1, 0.15) is 23.6 Å². The second-order valence-electron chi connectivity index (χ2n) is 4.16. The standard InChI is InChI=1S/C16H15FNO/c1-2-13-4-3-5-15(10-13)11-18-19-12-14-6-8-16(17)9-7-14/h3-10H,2,12H2,1H3. The second-order valence-corrected chi connectivity index (χ2v) is 4.16. The van der Waals surface area contributed by atoms with Crippen molar-refractivity contribution in [2.24, 2.45) is 5.16 Å². The van der Waals surface area contributed by atoms with E-state index in [-0.39, 0.29) is 5.82 Å². The molecule has 2 aromatic rings. The molecular weight excluding hydrogens is 241 g/mol. The van der Waals surface area contributed by atoms with Gasteiger partial charge in [0, 0.05) is 5.56 Å². The van der Waals surface area contributed by atoms with Crippen molar-refractivity contribution in [3.63, 3.8) is 0 Å². The lowest BCUT2D eigenvalue weighted by Crippen LogP contribution is -1.89. The van der Waals surface area contributed by atoms with Crippen LogP contribution in [0.3, 0.4) is 0 Å². The van der Waals surface area contributed by atoms with Crippen molar-refractivity contribution in [2.45, 2.75) is 20.0 Å². The smallest absolute Gasteiger partial charge is 0.142 e. The van der Waals surface area contributed by atoms with Gasteiger partial charge >= 0.3 is 0 Å². The van der Waals surface area contributed by atoms with Crippen LogP contribution < -0.4 is 0 Å². The van der Waals surface area contributed by atoms with E-state index in [0.717, 1.165) is 17.5 Å². The van der Waals surface area contributed by atoms with Crippen LogP contribution in [0.15, 0.2) is 53.7 Å². The molecule has 3 heteroatoms. The summed E-state index contributed by atoms with van der Waals surface area (Å²) in [6.07, 6.45) is 3.81. The monoisotopic (exact) mass is 256 g/mol. The summed E-state index contributed by atoms with van der Waals surface area (Å²) in [6, 6.07) is 14.1. The molecule has 0 N–H and O–H groups in total. The molecule has 0 atom stereocenters. The Balaban J connectivity index is 1.87. The van der Waals surface area contributed by atoms with Crippen molar-refractivity contribution in [3.8, 4) is 0 Å². The first kappa shape index (κ1) is 13.3. The van der Waals surface area contributed by atoms with E-state index in [9.17, 15) is 4.39 Å². The Morgan fingerprint density at radius 3 is 2.63 bits per heavy atom. The maximum absolute atomic E-state index is 12.7. The molecule has 0 amide bonds. The fourth-order valence-corrected chi connectivity index (χ4v) is 1.63. The summed E-state index contributed by atoms with van der Waals surface area (Å²) < 4.78 is 12.7. The summed E-state index contributed by atoms with van der Waals surface area (Å²) >= 11 is 0. The van der Waals surface area contributed by atoms with Gasteiger partial charge < -0.3 is 4.84 Å². The number of rotatable bonds is 5. The molecule has 19 heavy (non-hydrogen) atoms. The van der Waals surface area contributed by atoms with Crippen molar-refractivity contribution in [3.05, 3.63) is 71.0 Å². The van der Waals surface area contributed by atoms with Crippen molar-refractivity contribution in [1.29, 1.82) is 0 Å². The summed E-state index contributed by atoms with van der Waals surface area (Å²) in [7, 11) is 0. The lowest BCUT2D eigenvalue weighted by molar-refractivity contribution is 0.132. The summed E-state index contributed by atoms with van der Waals surface area (Å²) in [6.45, 7) is 2.40. The van der Waals surface area contributed by atoms with E-state index in [0.29, 0.717) is 6.61 Å². The lowest BCUT2D eigenvalue weighted by Gasteiger charge is -2.00. The van der Waals surface area contributed by atoms with Crippen molar-refractivity contribution >= 4 is 6.21 Å². The summed E-state index contributed by atoms with van der Waals surface area (Å²) in [5, 5.41) is 3.79. The number of halogens is 1. The third kappa shape index (κ3) is 4.21. The van der Waals surface area contributed by atoms with Gasteiger partial charge in [0.25, 0.3) is 0 Å². The topological polar surface area (TPSA) is 21.6 Å². The molecule has 2 aromatic carbocycles. The van der Waals surface area contributed by atoms with Gasteiger partial charge in [-0.25, -0.2) is 4.39 Å². The Kier molecular flexibility index (Phi) is 4.67. The molecule has 0 bridgehead atoms.